The molecule has 3 fully saturated rings. The molecular weight excluding hydrogens is 690 g/mol. The number of nitrogens with one attached hydrogen (secondary N) is 1. The second-order valence-corrected chi connectivity index (χ2v) is 15.7. The van der Waals surface area contributed by atoms with Crippen molar-refractivity contribution in [1.82, 2.24) is 44.5 Å². The first-order chi connectivity index (χ1) is 21.3. The number of nitrogens with two attached hydrogens (primary N) is 2. The summed E-state index contributed by atoms with van der Waals surface area (Å²) in [5.74, 6) is -0.279. The number of anilines is 2. The van der Waals surface area contributed by atoms with Crippen LogP contribution in [0.15, 0.2) is 17.4 Å². The molecular formula is C19H21F2N11O9P2S2. The molecule has 2 unspecified atom stereocenters. The normalized spacial score (nSPS) is 37.7. The minimum Gasteiger partial charge on any atom is -0.382 e. The van der Waals surface area contributed by atoms with E-state index in [0.717, 1.165) is 11.0 Å². The standard InChI is InChI=1S/C19H21F2N11O9P2S2/c20-7-5-1-36-42(34,44)40-11-6(39-17(8(11)21)31-4-26-9-13(22)24-3-25-14(9)31)2-37-43(35,45)41-12(7)18(38-5)32-15-10(29-30-32)16(33)28-19(23)27-15/h3-8,11-12,17-18H,1-2H2,(H,34,44)(H,35,45)(H2,22,24,25)(H3,23,27,28,33)/t5-,6-,7+,8+,11-,12-,17-,18-,42?,43?/m1/s1. The van der Waals surface area contributed by atoms with Crippen LogP contribution in [0.2, 0.25) is 0 Å². The zero-order chi connectivity index (χ0) is 31.8. The molecule has 45 heavy (non-hydrogen) atoms. The number of thiol groups is 2. The van der Waals surface area contributed by atoms with E-state index in [-0.39, 0.29) is 34.1 Å². The highest BCUT2D eigenvalue weighted by atomic mass is 32.7. The Balaban J connectivity index is 1.21. The monoisotopic (exact) mass is 711 g/mol. The van der Waals surface area contributed by atoms with Crippen molar-refractivity contribution in [2.24, 2.45) is 0 Å². The number of imidazole rings is 1. The molecule has 7 heterocycles. The molecule has 7 rings (SSSR count). The van der Waals surface area contributed by atoms with E-state index in [4.69, 9.17) is 39.0 Å². The third-order valence-corrected chi connectivity index (χ3v) is 10.3. The molecule has 4 aromatic heterocycles. The van der Waals surface area contributed by atoms with E-state index in [1.165, 1.54) is 10.9 Å². The van der Waals surface area contributed by atoms with Crippen molar-refractivity contribution in [3.8, 4) is 0 Å². The van der Waals surface area contributed by atoms with Crippen LogP contribution in [0.5, 0.6) is 0 Å². The van der Waals surface area contributed by atoms with Crippen molar-refractivity contribution < 1.29 is 45.5 Å². The van der Waals surface area contributed by atoms with Gasteiger partial charge in [0.25, 0.3) is 5.56 Å². The molecule has 20 nitrogen and oxygen atoms in total. The fourth-order valence-corrected chi connectivity index (χ4v) is 8.04. The Hall–Kier alpha value is -2.79. The van der Waals surface area contributed by atoms with E-state index >= 15 is 8.78 Å². The highest BCUT2D eigenvalue weighted by molar-refractivity contribution is 8.44. The number of alkyl halides is 2. The summed E-state index contributed by atoms with van der Waals surface area (Å²) in [5.41, 5.74) is 10.5. The van der Waals surface area contributed by atoms with E-state index in [1.54, 1.807) is 0 Å². The van der Waals surface area contributed by atoms with E-state index < -0.39 is 81.6 Å². The minimum absolute atomic E-state index is 0.0296. The molecule has 0 radical (unpaired) electrons. The number of halogens is 2. The average molecular weight is 712 g/mol. The fourth-order valence-electron chi connectivity index (χ4n) is 5.11. The van der Waals surface area contributed by atoms with Crippen LogP contribution in [-0.2, 0) is 36.7 Å². The molecule has 0 amide bonds. The third kappa shape index (κ3) is 5.51. The Morgan fingerprint density at radius 2 is 1.60 bits per heavy atom. The first-order valence-corrected chi connectivity index (χ1v) is 18.2. The highest BCUT2D eigenvalue weighted by Crippen LogP contribution is 2.60. The Bertz CT molecular complexity index is 1950. The van der Waals surface area contributed by atoms with Crippen molar-refractivity contribution in [3.05, 3.63) is 23.0 Å². The number of nitrogens with zero attached hydrogens (tertiary/aromatic N) is 8. The van der Waals surface area contributed by atoms with Gasteiger partial charge in [0.2, 0.25) is 5.95 Å². The van der Waals surface area contributed by atoms with Crippen molar-refractivity contribution in [2.75, 3.05) is 24.7 Å². The molecule has 0 spiro atoms. The lowest BCUT2D eigenvalue weighted by atomic mass is 10.1. The molecule has 242 valence electrons. The second kappa shape index (κ2) is 11.2. The molecule has 0 aliphatic carbocycles. The molecule has 3 saturated heterocycles. The van der Waals surface area contributed by atoms with Crippen LogP contribution in [0.4, 0.5) is 20.5 Å². The predicted molar refractivity (Wildman–Crippen MR) is 153 cm³/mol. The van der Waals surface area contributed by atoms with Gasteiger partial charge >= 0.3 is 13.6 Å². The maximum absolute atomic E-state index is 16.0. The summed E-state index contributed by atoms with van der Waals surface area (Å²) in [5, 5.41) is 7.52. The topological polar surface area (TPSA) is 262 Å². The Labute approximate surface area is 258 Å². The van der Waals surface area contributed by atoms with Crippen LogP contribution < -0.4 is 17.0 Å². The quantitative estimate of drug-likeness (QED) is 0.143. The van der Waals surface area contributed by atoms with Gasteiger partial charge in [0.15, 0.2) is 47.4 Å². The van der Waals surface area contributed by atoms with Crippen LogP contribution in [0.25, 0.3) is 22.3 Å². The van der Waals surface area contributed by atoms with Crippen LogP contribution >= 0.6 is 38.1 Å². The zero-order valence-corrected chi connectivity index (χ0v) is 25.7. The molecule has 4 aromatic rings. The first kappa shape index (κ1) is 30.8. The molecule has 0 aromatic carbocycles. The van der Waals surface area contributed by atoms with E-state index in [0.29, 0.717) is 0 Å². The van der Waals surface area contributed by atoms with Gasteiger partial charge in [-0.3, -0.25) is 32.4 Å². The first-order valence-electron chi connectivity index (χ1n) is 12.8. The largest absolute Gasteiger partial charge is 0.386 e. The lowest BCUT2D eigenvalue weighted by Gasteiger charge is -2.25. The van der Waals surface area contributed by atoms with Gasteiger partial charge in [-0.25, -0.2) is 32.9 Å². The molecule has 3 aliphatic heterocycles. The number of ether oxygens (including phenoxy) is 2. The van der Waals surface area contributed by atoms with Gasteiger partial charge in [-0.2, -0.15) is 9.67 Å². The van der Waals surface area contributed by atoms with Gasteiger partial charge < -0.3 is 20.9 Å². The number of hydrogen-bond donors (Lipinski definition) is 5. The summed E-state index contributed by atoms with van der Waals surface area (Å²) in [6.07, 6.45) is -11.4. The number of H-pyrrole nitrogens is 1. The molecule has 26 heteroatoms. The number of aromatic nitrogens is 9. The third-order valence-electron chi connectivity index (χ3n) is 7.10. The summed E-state index contributed by atoms with van der Waals surface area (Å²) in [6, 6.07) is 0. The van der Waals surface area contributed by atoms with E-state index in [9.17, 15) is 13.9 Å². The van der Waals surface area contributed by atoms with Crippen molar-refractivity contribution in [3.63, 3.8) is 0 Å². The second-order valence-electron chi connectivity index (χ2n) is 9.93. The summed E-state index contributed by atoms with van der Waals surface area (Å²) in [4.78, 5) is 30.4. The summed E-state index contributed by atoms with van der Waals surface area (Å²) < 4.78 is 93.7. The van der Waals surface area contributed by atoms with Gasteiger partial charge in [-0.1, -0.05) is 29.7 Å². The van der Waals surface area contributed by atoms with Crippen LogP contribution in [0.3, 0.4) is 0 Å². The molecule has 10 atom stereocenters. The fraction of sp³-hybridized carbons (Fsp3) is 0.526. The summed E-state index contributed by atoms with van der Waals surface area (Å²) >= 11 is 7.91. The van der Waals surface area contributed by atoms with Crippen LogP contribution in [0, 0.1) is 0 Å². The van der Waals surface area contributed by atoms with Crippen LogP contribution in [0.1, 0.15) is 12.5 Å². The summed E-state index contributed by atoms with van der Waals surface area (Å²) in [6.45, 7) is -10.5. The van der Waals surface area contributed by atoms with Gasteiger partial charge in [-0.15, -0.1) is 5.10 Å². The molecule has 2 bridgehead atoms. The molecule has 5 N–H and O–H groups in total. The molecule has 3 aliphatic rings. The Morgan fingerprint density at radius 1 is 0.911 bits per heavy atom. The number of rotatable bonds is 2. The zero-order valence-electron chi connectivity index (χ0n) is 22.1. The maximum atomic E-state index is 16.0. The van der Waals surface area contributed by atoms with Crippen molar-refractivity contribution >= 4 is 72.2 Å². The van der Waals surface area contributed by atoms with Gasteiger partial charge in [0.05, 0.1) is 19.5 Å². The minimum atomic E-state index is -4.52. The predicted octanol–water partition coefficient (Wildman–Crippen LogP) is 0.883. The van der Waals surface area contributed by atoms with Gasteiger partial charge in [0.1, 0.15) is 36.3 Å². The van der Waals surface area contributed by atoms with E-state index in [1.807, 2.05) is 0 Å². The maximum Gasteiger partial charge on any atom is 0.386 e. The SMILES string of the molecule is Nc1nc2c(nnn2[C@@H]2O[C@@H]3COP(=O)(S)O[C@H]4[C@H](F)[C@H](n5cnc6c(N)ncnc65)O[C@@H]4COP(=O)(S)O[C@@H]2[C@H]3F)c(=O)[nH]1. The number of nitrogen functional groups attached to an aromatic ring is 2. The van der Waals surface area contributed by atoms with Gasteiger partial charge in [-0.05, 0) is 0 Å². The molecule has 0 saturated carbocycles. The van der Waals surface area contributed by atoms with Crippen molar-refractivity contribution in [1.29, 1.82) is 0 Å². The smallest absolute Gasteiger partial charge is 0.382 e. The van der Waals surface area contributed by atoms with Crippen molar-refractivity contribution in [2.45, 2.75) is 49.2 Å². The van der Waals surface area contributed by atoms with Crippen LogP contribution in [-0.4, -0.2) is 94.5 Å². The lowest BCUT2D eigenvalue weighted by Crippen LogP contribution is -2.33. The number of aromatic amines is 1. The Kier molecular flexibility index (Phi) is 7.66. The Morgan fingerprint density at radius 3 is 2.36 bits per heavy atom. The summed E-state index contributed by atoms with van der Waals surface area (Å²) in [7, 11) is 0. The van der Waals surface area contributed by atoms with Gasteiger partial charge in [0, 0.05) is 0 Å². The lowest BCUT2D eigenvalue weighted by molar-refractivity contribution is -0.0605. The van der Waals surface area contributed by atoms with E-state index in [2.05, 4.69) is 59.7 Å². The number of fused-ring (bicyclic) bond motifs is 5. The number of hydrogen-bond acceptors (Lipinski definition) is 17. The highest BCUT2D eigenvalue weighted by Gasteiger charge is 2.54. The average Bonchev–Trinajstić information content (AvgIpc) is 3.72.